The Morgan fingerprint density at radius 1 is 1.12 bits per heavy atom. The van der Waals surface area contributed by atoms with Gasteiger partial charge in [0.2, 0.25) is 5.91 Å². The molecule has 0 aliphatic rings. The van der Waals surface area contributed by atoms with Crippen molar-refractivity contribution in [1.29, 1.82) is 0 Å². The van der Waals surface area contributed by atoms with Gasteiger partial charge in [-0.2, -0.15) is 0 Å². The lowest BCUT2D eigenvalue weighted by Gasteiger charge is -2.15. The van der Waals surface area contributed by atoms with E-state index in [1.165, 1.54) is 5.56 Å². The molecule has 0 heterocycles. The predicted molar refractivity (Wildman–Crippen MR) is 110 cm³/mol. The largest absolute Gasteiger partial charge is 0.326 e. The van der Waals surface area contributed by atoms with E-state index in [2.05, 4.69) is 16.3 Å². The molecule has 25 heavy (non-hydrogen) atoms. The molecule has 0 saturated carbocycles. The maximum Gasteiger partial charge on any atom is 0.226 e. The fraction of sp³-hybridized carbons (Fsp3) is 0.316. The number of nitrogens with two attached hydrogens (primary N) is 1. The molecule has 2 rings (SSSR count). The molecule has 1 unspecified atom stereocenters. The number of carbonyl (C=O) groups excluding carboxylic acids is 1. The molecule has 0 aromatic heterocycles. The van der Waals surface area contributed by atoms with Crippen molar-refractivity contribution in [3.63, 3.8) is 0 Å². The van der Waals surface area contributed by atoms with Crippen molar-refractivity contribution < 1.29 is 4.79 Å². The minimum absolute atomic E-state index is 0. The molecule has 0 bridgehead atoms. The number of halogens is 2. The number of nitrogens with one attached hydrogen (secondary N) is 1. The average Bonchev–Trinajstić information content (AvgIpc) is 2.51. The van der Waals surface area contributed by atoms with Gasteiger partial charge in [-0.25, -0.2) is 0 Å². The zero-order chi connectivity index (χ0) is 16.8. The van der Waals surface area contributed by atoms with Gasteiger partial charge in [0, 0.05) is 24.7 Å². The number of nitrogens with zero attached hydrogens (tertiary/aromatic N) is 1. The third-order valence-electron chi connectivity index (χ3n) is 3.71. The maximum absolute atomic E-state index is 12.3. The van der Waals surface area contributed by atoms with Crippen LogP contribution in [0.4, 0.5) is 5.69 Å². The number of anilines is 1. The first kappa shape index (κ1) is 23.4. The van der Waals surface area contributed by atoms with Gasteiger partial charge in [0.1, 0.15) is 0 Å². The Labute approximate surface area is 162 Å². The zero-order valence-electron chi connectivity index (χ0n) is 14.9. The highest BCUT2D eigenvalue weighted by Crippen LogP contribution is 2.20. The summed E-state index contributed by atoms with van der Waals surface area (Å²) in [4.78, 5) is 14.4. The van der Waals surface area contributed by atoms with Crippen molar-refractivity contribution in [3.05, 3.63) is 65.2 Å². The summed E-state index contributed by atoms with van der Waals surface area (Å²) in [5.74, 6) is -0.0635. The van der Waals surface area contributed by atoms with Gasteiger partial charge >= 0.3 is 0 Å². The monoisotopic (exact) mass is 383 g/mol. The third-order valence-corrected chi connectivity index (χ3v) is 3.71. The third kappa shape index (κ3) is 7.45. The van der Waals surface area contributed by atoms with E-state index in [0.717, 1.165) is 23.4 Å². The highest BCUT2D eigenvalue weighted by atomic mass is 35.5. The summed E-state index contributed by atoms with van der Waals surface area (Å²) in [6, 6.07) is 15.6. The lowest BCUT2D eigenvalue weighted by molar-refractivity contribution is -0.116. The zero-order valence-corrected chi connectivity index (χ0v) is 16.5. The van der Waals surface area contributed by atoms with Gasteiger partial charge in [-0.05, 0) is 43.8 Å². The first-order chi connectivity index (χ1) is 11.0. The van der Waals surface area contributed by atoms with Crippen LogP contribution >= 0.6 is 24.8 Å². The van der Waals surface area contributed by atoms with Crippen LogP contribution in [0.1, 0.15) is 29.2 Å². The van der Waals surface area contributed by atoms with E-state index >= 15 is 0 Å². The van der Waals surface area contributed by atoms with Gasteiger partial charge in [-0.15, -0.1) is 24.8 Å². The van der Waals surface area contributed by atoms with E-state index in [0.29, 0.717) is 0 Å². The summed E-state index contributed by atoms with van der Waals surface area (Å²) in [6.07, 6.45) is 0.265. The van der Waals surface area contributed by atoms with Gasteiger partial charge in [-0.3, -0.25) is 4.79 Å². The van der Waals surface area contributed by atoms with E-state index in [4.69, 9.17) is 5.73 Å². The lowest BCUT2D eigenvalue weighted by Crippen LogP contribution is -2.21. The number of amides is 1. The quantitative estimate of drug-likeness (QED) is 0.794. The first-order valence-electron chi connectivity index (χ1n) is 7.80. The second-order valence-electron chi connectivity index (χ2n) is 6.16. The van der Waals surface area contributed by atoms with Crippen LogP contribution in [-0.4, -0.2) is 24.9 Å². The van der Waals surface area contributed by atoms with Gasteiger partial charge < -0.3 is 16.0 Å². The Morgan fingerprint density at radius 3 is 2.36 bits per heavy atom. The molecular weight excluding hydrogens is 357 g/mol. The highest BCUT2D eigenvalue weighted by molar-refractivity contribution is 5.92. The molecule has 0 radical (unpaired) electrons. The molecule has 1 amide bonds. The van der Waals surface area contributed by atoms with Gasteiger partial charge in [0.25, 0.3) is 0 Å². The number of benzene rings is 2. The fourth-order valence-corrected chi connectivity index (χ4v) is 2.49. The molecular formula is C19H27Cl2N3O. The van der Waals surface area contributed by atoms with E-state index in [1.807, 2.05) is 63.5 Å². The molecule has 0 spiro atoms. The van der Waals surface area contributed by atoms with Crippen LogP contribution in [0.3, 0.4) is 0 Å². The van der Waals surface area contributed by atoms with Crippen molar-refractivity contribution in [2.24, 2.45) is 5.73 Å². The number of hydrogen-bond acceptors (Lipinski definition) is 3. The molecule has 2 aromatic rings. The molecule has 0 aliphatic carbocycles. The Balaban J connectivity index is 0.00000288. The van der Waals surface area contributed by atoms with Crippen LogP contribution in [0.15, 0.2) is 48.5 Å². The van der Waals surface area contributed by atoms with Crippen LogP contribution in [0, 0.1) is 6.92 Å². The Hall–Kier alpha value is -1.59. The molecule has 1 atom stereocenters. The van der Waals surface area contributed by atoms with Crippen LogP contribution in [0.25, 0.3) is 0 Å². The molecule has 138 valence electrons. The Bertz CT molecular complexity index is 663. The van der Waals surface area contributed by atoms with Crippen molar-refractivity contribution in [2.75, 3.05) is 19.4 Å². The van der Waals surface area contributed by atoms with E-state index in [9.17, 15) is 4.79 Å². The Morgan fingerprint density at radius 2 is 1.76 bits per heavy atom. The molecule has 0 fully saturated rings. The summed E-state index contributed by atoms with van der Waals surface area (Å²) in [6.45, 7) is 2.83. The fourth-order valence-electron chi connectivity index (χ4n) is 2.49. The highest BCUT2D eigenvalue weighted by Gasteiger charge is 2.12. The number of rotatable bonds is 6. The molecule has 6 heteroatoms. The summed E-state index contributed by atoms with van der Waals surface area (Å²) < 4.78 is 0. The number of aryl methyl sites for hydroxylation is 1. The topological polar surface area (TPSA) is 58.4 Å². The van der Waals surface area contributed by atoms with E-state index in [1.54, 1.807) is 0 Å². The standard InChI is InChI=1S/C19H25N3O.2ClH/c1-14-9-10-15(13-22(2)3)11-18(14)21-19(23)12-17(20)16-7-5-4-6-8-16;;/h4-11,17H,12-13,20H2,1-3H3,(H,21,23);2*1H. The van der Waals surface area contributed by atoms with Crippen LogP contribution in [0.2, 0.25) is 0 Å². The Kier molecular flexibility index (Phi) is 10.4. The predicted octanol–water partition coefficient (Wildman–Crippen LogP) is 3.93. The number of carbonyl (C=O) groups is 1. The first-order valence-corrected chi connectivity index (χ1v) is 7.80. The average molecular weight is 384 g/mol. The minimum Gasteiger partial charge on any atom is -0.326 e. The summed E-state index contributed by atoms with van der Waals surface area (Å²) in [5.41, 5.74) is 10.2. The second-order valence-corrected chi connectivity index (χ2v) is 6.16. The molecule has 4 nitrogen and oxygen atoms in total. The molecule has 2 aromatic carbocycles. The van der Waals surface area contributed by atoms with Crippen LogP contribution in [0.5, 0.6) is 0 Å². The summed E-state index contributed by atoms with van der Waals surface area (Å²) in [7, 11) is 4.05. The van der Waals surface area contributed by atoms with Crippen molar-refractivity contribution in [3.8, 4) is 0 Å². The van der Waals surface area contributed by atoms with Crippen LogP contribution in [-0.2, 0) is 11.3 Å². The van der Waals surface area contributed by atoms with Gasteiger partial charge in [-0.1, -0.05) is 42.5 Å². The van der Waals surface area contributed by atoms with Crippen molar-refractivity contribution in [2.45, 2.75) is 25.9 Å². The minimum atomic E-state index is -0.290. The van der Waals surface area contributed by atoms with Crippen molar-refractivity contribution in [1.82, 2.24) is 4.90 Å². The summed E-state index contributed by atoms with van der Waals surface area (Å²) >= 11 is 0. The molecule has 0 aliphatic heterocycles. The van der Waals surface area contributed by atoms with Crippen LogP contribution < -0.4 is 11.1 Å². The maximum atomic E-state index is 12.3. The SMILES string of the molecule is Cc1ccc(CN(C)C)cc1NC(=O)CC(N)c1ccccc1.Cl.Cl. The summed E-state index contributed by atoms with van der Waals surface area (Å²) in [5, 5.41) is 2.99. The second kappa shape index (κ2) is 11.1. The molecule has 3 N–H and O–H groups in total. The lowest BCUT2D eigenvalue weighted by atomic mass is 10.0. The van der Waals surface area contributed by atoms with Gasteiger partial charge in [0.15, 0.2) is 0 Å². The van der Waals surface area contributed by atoms with Gasteiger partial charge in [0.05, 0.1) is 0 Å². The smallest absolute Gasteiger partial charge is 0.226 e. The molecule has 0 saturated heterocycles. The van der Waals surface area contributed by atoms with E-state index in [-0.39, 0.29) is 43.2 Å². The normalized spacial score (nSPS) is 11.2. The number of hydrogen-bond donors (Lipinski definition) is 2. The van der Waals surface area contributed by atoms with E-state index < -0.39 is 0 Å². The van der Waals surface area contributed by atoms with Crippen molar-refractivity contribution >= 4 is 36.4 Å².